The van der Waals surface area contributed by atoms with Crippen molar-refractivity contribution in [2.75, 3.05) is 11.9 Å². The predicted molar refractivity (Wildman–Crippen MR) is 83.9 cm³/mol. The summed E-state index contributed by atoms with van der Waals surface area (Å²) >= 11 is 0. The Morgan fingerprint density at radius 3 is 2.62 bits per heavy atom. The first kappa shape index (κ1) is 15.5. The van der Waals surface area contributed by atoms with Gasteiger partial charge in [-0.3, -0.25) is 4.79 Å². The summed E-state index contributed by atoms with van der Waals surface area (Å²) in [6.07, 6.45) is 8.14. The molecule has 0 bridgehead atoms. The summed E-state index contributed by atoms with van der Waals surface area (Å²) in [5, 5.41) is 15.3. The van der Waals surface area contributed by atoms with E-state index in [-0.39, 0.29) is 5.91 Å². The van der Waals surface area contributed by atoms with Gasteiger partial charge in [0.15, 0.2) is 0 Å². The van der Waals surface area contributed by atoms with Crippen molar-refractivity contribution in [1.29, 1.82) is 5.26 Å². The highest BCUT2D eigenvalue weighted by molar-refractivity contribution is 5.92. The van der Waals surface area contributed by atoms with Crippen molar-refractivity contribution in [3.8, 4) is 6.07 Å². The molecular weight excluding hydrogens is 262 g/mol. The highest BCUT2D eigenvalue weighted by Crippen LogP contribution is 2.17. The van der Waals surface area contributed by atoms with Crippen LogP contribution in [0.25, 0.3) is 0 Å². The molecule has 0 heterocycles. The molecule has 21 heavy (non-hydrogen) atoms. The van der Waals surface area contributed by atoms with E-state index in [0.717, 1.165) is 0 Å². The second-order valence-electron chi connectivity index (χ2n) is 5.60. The first-order chi connectivity index (χ1) is 10.3. The van der Waals surface area contributed by atoms with Gasteiger partial charge in [0, 0.05) is 19.0 Å². The molecule has 1 aliphatic carbocycles. The van der Waals surface area contributed by atoms with E-state index in [1.165, 1.54) is 38.5 Å². The molecule has 1 aromatic rings. The quantitative estimate of drug-likeness (QED) is 0.816. The van der Waals surface area contributed by atoms with Gasteiger partial charge in [0.1, 0.15) is 6.07 Å². The zero-order valence-corrected chi connectivity index (χ0v) is 12.4. The highest BCUT2D eigenvalue weighted by atomic mass is 16.1. The third-order valence-electron chi connectivity index (χ3n) is 3.96. The smallest absolute Gasteiger partial charge is 0.225 e. The van der Waals surface area contributed by atoms with Crippen LogP contribution in [-0.4, -0.2) is 18.5 Å². The van der Waals surface area contributed by atoms with Gasteiger partial charge in [0.25, 0.3) is 0 Å². The Morgan fingerprint density at radius 2 is 1.90 bits per heavy atom. The molecule has 1 fully saturated rings. The number of rotatable bonds is 5. The number of nitrogens with one attached hydrogen (secondary N) is 2. The Hall–Kier alpha value is -1.86. The number of carbonyl (C=O) groups excluding carboxylic acids is 1. The lowest BCUT2D eigenvalue weighted by Crippen LogP contribution is -2.31. The maximum absolute atomic E-state index is 11.9. The first-order valence-electron chi connectivity index (χ1n) is 7.82. The Labute approximate surface area is 126 Å². The molecule has 0 unspecified atom stereocenters. The van der Waals surface area contributed by atoms with Gasteiger partial charge in [-0.2, -0.15) is 5.26 Å². The van der Waals surface area contributed by atoms with Crippen molar-refractivity contribution in [2.24, 2.45) is 0 Å². The molecule has 2 N–H and O–H groups in total. The fourth-order valence-corrected chi connectivity index (χ4v) is 2.78. The van der Waals surface area contributed by atoms with Crippen LogP contribution in [0.2, 0.25) is 0 Å². The number of anilines is 1. The summed E-state index contributed by atoms with van der Waals surface area (Å²) in [5.74, 6) is -0.0428. The second kappa shape index (κ2) is 8.43. The largest absolute Gasteiger partial charge is 0.325 e. The van der Waals surface area contributed by atoms with E-state index in [1.807, 2.05) is 6.07 Å². The topological polar surface area (TPSA) is 64.9 Å². The molecule has 0 saturated heterocycles. The minimum atomic E-state index is -0.0428. The van der Waals surface area contributed by atoms with Crippen LogP contribution in [0.4, 0.5) is 5.69 Å². The standard InChI is InChI=1S/C17H23N3O/c18-13-14-7-5-6-10-16(14)20-17(21)11-12-19-15-8-3-1-2-4-9-15/h5-7,10,15,19H,1-4,8-9,11-12H2,(H,20,21). The Morgan fingerprint density at radius 1 is 1.19 bits per heavy atom. The third-order valence-corrected chi connectivity index (χ3v) is 3.96. The zero-order chi connectivity index (χ0) is 14.9. The molecule has 0 aliphatic heterocycles. The van der Waals surface area contributed by atoms with Gasteiger partial charge in [-0.05, 0) is 25.0 Å². The van der Waals surface area contributed by atoms with E-state index in [1.54, 1.807) is 18.2 Å². The summed E-state index contributed by atoms with van der Waals surface area (Å²) in [6, 6.07) is 9.73. The van der Waals surface area contributed by atoms with E-state index in [4.69, 9.17) is 5.26 Å². The monoisotopic (exact) mass is 285 g/mol. The van der Waals surface area contributed by atoms with E-state index in [0.29, 0.717) is 30.3 Å². The molecule has 0 aromatic heterocycles. The SMILES string of the molecule is N#Cc1ccccc1NC(=O)CCNC1CCCCCC1. The van der Waals surface area contributed by atoms with Crippen LogP contribution in [0, 0.1) is 11.3 Å². The van der Waals surface area contributed by atoms with E-state index < -0.39 is 0 Å². The normalized spacial score (nSPS) is 16.0. The number of nitrogens with zero attached hydrogens (tertiary/aromatic N) is 1. The van der Waals surface area contributed by atoms with Crippen molar-refractivity contribution in [3.63, 3.8) is 0 Å². The summed E-state index contributed by atoms with van der Waals surface area (Å²) in [4.78, 5) is 11.9. The number of benzene rings is 1. The van der Waals surface area contributed by atoms with Gasteiger partial charge in [-0.15, -0.1) is 0 Å². The minimum absolute atomic E-state index is 0.0428. The van der Waals surface area contributed by atoms with E-state index in [9.17, 15) is 4.79 Å². The fraction of sp³-hybridized carbons (Fsp3) is 0.529. The molecule has 112 valence electrons. The second-order valence-corrected chi connectivity index (χ2v) is 5.60. The fourth-order valence-electron chi connectivity index (χ4n) is 2.78. The molecule has 1 aromatic carbocycles. The number of para-hydroxylation sites is 1. The molecule has 1 aliphatic rings. The predicted octanol–water partition coefficient (Wildman–Crippen LogP) is 3.20. The number of hydrogen-bond acceptors (Lipinski definition) is 3. The van der Waals surface area contributed by atoms with Gasteiger partial charge >= 0.3 is 0 Å². The lowest BCUT2D eigenvalue weighted by Gasteiger charge is -2.16. The lowest BCUT2D eigenvalue weighted by atomic mass is 10.1. The van der Waals surface area contributed by atoms with Crippen molar-refractivity contribution in [1.82, 2.24) is 5.32 Å². The van der Waals surface area contributed by atoms with Gasteiger partial charge in [0.2, 0.25) is 5.91 Å². The number of carbonyl (C=O) groups is 1. The maximum Gasteiger partial charge on any atom is 0.225 e. The van der Waals surface area contributed by atoms with Crippen LogP contribution < -0.4 is 10.6 Å². The third kappa shape index (κ3) is 5.20. The number of amides is 1. The van der Waals surface area contributed by atoms with Gasteiger partial charge in [-0.25, -0.2) is 0 Å². The zero-order valence-electron chi connectivity index (χ0n) is 12.4. The average Bonchev–Trinajstić information content (AvgIpc) is 2.76. The van der Waals surface area contributed by atoms with Crippen LogP contribution in [0.3, 0.4) is 0 Å². The van der Waals surface area contributed by atoms with Crippen LogP contribution >= 0.6 is 0 Å². The van der Waals surface area contributed by atoms with Crippen LogP contribution in [0.5, 0.6) is 0 Å². The van der Waals surface area contributed by atoms with E-state index in [2.05, 4.69) is 16.7 Å². The summed E-state index contributed by atoms with van der Waals surface area (Å²) in [7, 11) is 0. The maximum atomic E-state index is 11.9. The van der Waals surface area contributed by atoms with Gasteiger partial charge < -0.3 is 10.6 Å². The minimum Gasteiger partial charge on any atom is -0.325 e. The molecule has 1 saturated carbocycles. The summed E-state index contributed by atoms with van der Waals surface area (Å²) < 4.78 is 0. The Bertz CT molecular complexity index is 499. The van der Waals surface area contributed by atoms with Gasteiger partial charge in [0.05, 0.1) is 11.3 Å². The van der Waals surface area contributed by atoms with Crippen molar-refractivity contribution in [2.45, 2.75) is 51.0 Å². The van der Waals surface area contributed by atoms with Gasteiger partial charge in [-0.1, -0.05) is 37.8 Å². The molecule has 2 rings (SSSR count). The van der Waals surface area contributed by atoms with E-state index >= 15 is 0 Å². The summed E-state index contributed by atoms with van der Waals surface area (Å²) in [6.45, 7) is 0.700. The molecule has 0 spiro atoms. The Kier molecular flexibility index (Phi) is 6.23. The molecule has 4 heteroatoms. The first-order valence-corrected chi connectivity index (χ1v) is 7.82. The number of hydrogen-bond donors (Lipinski definition) is 2. The van der Waals surface area contributed by atoms with Crippen LogP contribution in [0.1, 0.15) is 50.5 Å². The molecule has 4 nitrogen and oxygen atoms in total. The molecule has 0 radical (unpaired) electrons. The Balaban J connectivity index is 1.73. The molecule has 1 amide bonds. The number of nitriles is 1. The highest BCUT2D eigenvalue weighted by Gasteiger charge is 2.12. The molecular formula is C17H23N3O. The van der Waals surface area contributed by atoms with Crippen LogP contribution in [0.15, 0.2) is 24.3 Å². The lowest BCUT2D eigenvalue weighted by molar-refractivity contribution is -0.116. The van der Waals surface area contributed by atoms with Crippen LogP contribution in [-0.2, 0) is 4.79 Å². The average molecular weight is 285 g/mol. The van der Waals surface area contributed by atoms with Crippen molar-refractivity contribution < 1.29 is 4.79 Å². The van der Waals surface area contributed by atoms with Crippen molar-refractivity contribution >= 4 is 11.6 Å². The van der Waals surface area contributed by atoms with Crippen molar-refractivity contribution in [3.05, 3.63) is 29.8 Å². The molecule has 0 atom stereocenters. The summed E-state index contributed by atoms with van der Waals surface area (Å²) in [5.41, 5.74) is 1.10.